The van der Waals surface area contributed by atoms with Gasteiger partial charge in [0.2, 0.25) is 0 Å². The van der Waals surface area contributed by atoms with Gasteiger partial charge in [0.1, 0.15) is 0 Å². The van der Waals surface area contributed by atoms with E-state index in [1.54, 1.807) is 0 Å². The van der Waals surface area contributed by atoms with Gasteiger partial charge >= 0.3 is 33.7 Å². The Morgan fingerprint density at radius 1 is 0.944 bits per heavy atom. The molecule has 0 fully saturated rings. The second-order valence-corrected chi connectivity index (χ2v) is 4.11. The molecule has 18 heavy (non-hydrogen) atoms. The van der Waals surface area contributed by atoms with Gasteiger partial charge in [-0.2, -0.15) is 21.6 Å². The average molecular weight is 289 g/mol. The van der Waals surface area contributed by atoms with Gasteiger partial charge in [-0.3, -0.25) is 0 Å². The topological polar surface area (TPSA) is 100 Å². The lowest BCUT2D eigenvalue weighted by Crippen LogP contribution is -2.28. The number of ether oxygens (including phenoxy) is 2. The van der Waals surface area contributed by atoms with Crippen LogP contribution in [0, 0.1) is 0 Å². The van der Waals surface area contributed by atoms with Gasteiger partial charge in [-0.05, 0) is 0 Å². The molecule has 0 unspecified atom stereocenters. The highest BCUT2D eigenvalue weighted by atomic mass is 32.2. The molecule has 0 spiro atoms. The quantitative estimate of drug-likeness (QED) is 0.569. The fourth-order valence-corrected chi connectivity index (χ4v) is 1.05. The molecule has 0 bridgehead atoms. The number of nitrogens with zero attached hydrogens (tertiary/aromatic N) is 3. The van der Waals surface area contributed by atoms with Crippen LogP contribution in [0.2, 0.25) is 0 Å². The third-order valence-electron chi connectivity index (χ3n) is 1.41. The number of halogens is 3. The second kappa shape index (κ2) is 4.80. The molecule has 102 valence electrons. The molecule has 1 aromatic heterocycles. The van der Waals surface area contributed by atoms with Gasteiger partial charge in [0, 0.05) is 0 Å². The van der Waals surface area contributed by atoms with Gasteiger partial charge in [0.15, 0.2) is 0 Å². The predicted molar refractivity (Wildman–Crippen MR) is 48.5 cm³/mol. The highest BCUT2D eigenvalue weighted by Crippen LogP contribution is 2.26. The molecule has 0 saturated heterocycles. The first-order valence-corrected chi connectivity index (χ1v) is 5.45. The molecule has 0 aliphatic heterocycles. The molecular weight excluding hydrogens is 283 g/mol. The molecule has 1 rings (SSSR count). The molecule has 8 nitrogen and oxygen atoms in total. The first-order valence-electron chi connectivity index (χ1n) is 4.04. The van der Waals surface area contributed by atoms with E-state index in [0.717, 1.165) is 14.2 Å². The monoisotopic (exact) mass is 289 g/mol. The molecule has 0 N–H and O–H groups in total. The van der Waals surface area contributed by atoms with Gasteiger partial charge in [0.25, 0.3) is 0 Å². The number of aromatic nitrogens is 3. The second-order valence-electron chi connectivity index (χ2n) is 2.57. The molecule has 0 aliphatic carbocycles. The summed E-state index contributed by atoms with van der Waals surface area (Å²) in [5, 5.41) is 0. The summed E-state index contributed by atoms with van der Waals surface area (Å²) in [6.07, 6.45) is 0. The predicted octanol–water partition coefficient (Wildman–Crippen LogP) is 0.117. The van der Waals surface area contributed by atoms with Crippen molar-refractivity contribution in [3.8, 4) is 18.0 Å². The third kappa shape index (κ3) is 3.09. The van der Waals surface area contributed by atoms with Crippen molar-refractivity contribution in [2.75, 3.05) is 14.2 Å². The number of alkyl halides is 3. The molecule has 1 heterocycles. The summed E-state index contributed by atoms with van der Waals surface area (Å²) in [4.78, 5) is 9.79. The lowest BCUT2D eigenvalue weighted by Gasteiger charge is -2.08. The van der Waals surface area contributed by atoms with Crippen LogP contribution in [0.1, 0.15) is 0 Å². The SMILES string of the molecule is COc1nc(OC)nc(OS(=O)(=O)C(F)(F)F)n1. The van der Waals surface area contributed by atoms with E-state index in [1.165, 1.54) is 0 Å². The summed E-state index contributed by atoms with van der Waals surface area (Å²) in [5.74, 6) is 0. The van der Waals surface area contributed by atoms with E-state index in [0.29, 0.717) is 0 Å². The van der Waals surface area contributed by atoms with E-state index in [-0.39, 0.29) is 0 Å². The Balaban J connectivity index is 3.12. The van der Waals surface area contributed by atoms with Crippen LogP contribution in [0.25, 0.3) is 0 Å². The van der Waals surface area contributed by atoms with E-state index in [4.69, 9.17) is 0 Å². The summed E-state index contributed by atoms with van der Waals surface area (Å²) in [7, 11) is -3.65. The standard InChI is InChI=1S/C6H6F3N3O5S/c1-15-3-10-4(16-2)12-5(11-3)17-18(13,14)6(7,8)9/h1-2H3. The maximum absolute atomic E-state index is 12.0. The largest absolute Gasteiger partial charge is 0.534 e. The van der Waals surface area contributed by atoms with Crippen LogP contribution in [-0.2, 0) is 10.1 Å². The number of methoxy groups -OCH3 is 2. The Labute approximate surface area is 98.9 Å². The zero-order chi connectivity index (χ0) is 14.0. The van der Waals surface area contributed by atoms with Crippen molar-refractivity contribution in [3.05, 3.63) is 0 Å². The van der Waals surface area contributed by atoms with Gasteiger partial charge in [-0.15, -0.1) is 15.0 Å². The average Bonchev–Trinajstić information content (AvgIpc) is 2.26. The highest BCUT2D eigenvalue weighted by Gasteiger charge is 2.49. The molecule has 0 atom stereocenters. The Hall–Kier alpha value is -1.85. The van der Waals surface area contributed by atoms with E-state index in [1.807, 2.05) is 0 Å². The lowest BCUT2D eigenvalue weighted by atomic mass is 10.9. The van der Waals surface area contributed by atoms with Gasteiger partial charge < -0.3 is 13.7 Å². The highest BCUT2D eigenvalue weighted by molar-refractivity contribution is 7.87. The molecule has 0 aliphatic rings. The molecule has 1 aromatic rings. The van der Waals surface area contributed by atoms with Crippen LogP contribution >= 0.6 is 0 Å². The van der Waals surface area contributed by atoms with Crippen molar-refractivity contribution in [3.63, 3.8) is 0 Å². The molecule has 12 heteroatoms. The van der Waals surface area contributed by atoms with E-state index < -0.39 is 33.7 Å². The zero-order valence-corrected chi connectivity index (χ0v) is 9.74. The van der Waals surface area contributed by atoms with Crippen molar-refractivity contribution >= 4 is 10.1 Å². The minimum atomic E-state index is -5.86. The van der Waals surface area contributed by atoms with E-state index in [2.05, 4.69) is 28.6 Å². The van der Waals surface area contributed by atoms with Crippen molar-refractivity contribution in [2.45, 2.75) is 5.51 Å². The number of hydrogen-bond donors (Lipinski definition) is 0. The normalized spacial score (nSPS) is 12.1. The summed E-state index contributed by atoms with van der Waals surface area (Å²) >= 11 is 0. The number of hydrogen-bond acceptors (Lipinski definition) is 8. The smallest absolute Gasteiger partial charge is 0.467 e. The van der Waals surface area contributed by atoms with Crippen LogP contribution < -0.4 is 13.7 Å². The van der Waals surface area contributed by atoms with Gasteiger partial charge in [-0.25, -0.2) is 0 Å². The van der Waals surface area contributed by atoms with Crippen LogP contribution in [0.4, 0.5) is 13.2 Å². The number of rotatable bonds is 4. The summed E-state index contributed by atoms with van der Waals surface area (Å²) < 4.78 is 70.2. The first-order chi connectivity index (χ1) is 8.19. The third-order valence-corrected chi connectivity index (χ3v) is 2.34. The van der Waals surface area contributed by atoms with Crippen molar-refractivity contribution in [1.29, 1.82) is 0 Å². The Bertz CT molecular complexity index is 510. The molecule has 0 amide bonds. The van der Waals surface area contributed by atoms with Crippen LogP contribution in [0.15, 0.2) is 0 Å². The molecule has 0 aromatic carbocycles. The molecule has 0 radical (unpaired) electrons. The van der Waals surface area contributed by atoms with E-state index in [9.17, 15) is 21.6 Å². The molecular formula is C6H6F3N3O5S. The van der Waals surface area contributed by atoms with E-state index >= 15 is 0 Å². The van der Waals surface area contributed by atoms with Crippen molar-refractivity contribution < 1.29 is 35.2 Å². The summed E-state index contributed by atoms with van der Waals surface area (Å²) in [6.45, 7) is 0. The van der Waals surface area contributed by atoms with Crippen LogP contribution in [0.3, 0.4) is 0 Å². The minimum Gasteiger partial charge on any atom is -0.467 e. The van der Waals surface area contributed by atoms with Crippen molar-refractivity contribution in [1.82, 2.24) is 15.0 Å². The Kier molecular flexibility index (Phi) is 3.79. The summed E-state index contributed by atoms with van der Waals surface area (Å²) in [5.41, 5.74) is -5.60. The zero-order valence-electron chi connectivity index (χ0n) is 8.93. The Morgan fingerprint density at radius 3 is 1.67 bits per heavy atom. The molecule has 0 saturated carbocycles. The fourth-order valence-electron chi connectivity index (χ4n) is 0.686. The maximum atomic E-state index is 12.0. The van der Waals surface area contributed by atoms with Crippen molar-refractivity contribution in [2.24, 2.45) is 0 Å². The fraction of sp³-hybridized carbons (Fsp3) is 0.500. The van der Waals surface area contributed by atoms with Crippen LogP contribution in [0.5, 0.6) is 18.0 Å². The lowest BCUT2D eigenvalue weighted by molar-refractivity contribution is -0.0503. The first kappa shape index (κ1) is 14.2. The maximum Gasteiger partial charge on any atom is 0.534 e. The Morgan fingerprint density at radius 2 is 1.33 bits per heavy atom. The van der Waals surface area contributed by atoms with Gasteiger partial charge in [0.05, 0.1) is 14.2 Å². The van der Waals surface area contributed by atoms with Crippen LogP contribution in [-0.4, -0.2) is 43.1 Å². The summed E-state index contributed by atoms with van der Waals surface area (Å²) in [6, 6.07) is -2.04. The van der Waals surface area contributed by atoms with Gasteiger partial charge in [-0.1, -0.05) is 0 Å². The minimum absolute atomic E-state index is 0.464.